The van der Waals surface area contributed by atoms with Gasteiger partial charge in [0.05, 0.1) is 11.3 Å². The zero-order chi connectivity index (χ0) is 11.4. The number of hydrogen-bond acceptors (Lipinski definition) is 2. The first kappa shape index (κ1) is 11.7. The van der Waals surface area contributed by atoms with Crippen molar-refractivity contribution >= 4 is 33.4 Å². The molecule has 0 saturated heterocycles. The number of rotatable bonds is 3. The molecule has 0 aliphatic carbocycles. The lowest BCUT2D eigenvalue weighted by Gasteiger charge is -2.08. The van der Waals surface area contributed by atoms with Crippen LogP contribution in [0.4, 0.5) is 5.69 Å². The van der Waals surface area contributed by atoms with Crippen LogP contribution in [0, 0.1) is 0 Å². The van der Waals surface area contributed by atoms with Gasteiger partial charge in [0.1, 0.15) is 0 Å². The molecule has 3 N–H and O–H groups in total. The van der Waals surface area contributed by atoms with Gasteiger partial charge in [0.15, 0.2) is 0 Å². The zero-order valence-electron chi connectivity index (χ0n) is 8.21. The third-order valence-electron chi connectivity index (χ3n) is 1.84. The quantitative estimate of drug-likeness (QED) is 0.881. The average Bonchev–Trinajstić information content (AvgIpc) is 2.20. The number of benzene rings is 1. The molecule has 1 aromatic carbocycles. The highest BCUT2D eigenvalue weighted by molar-refractivity contribution is 9.10. The number of hydrogen-bond donors (Lipinski definition) is 2. The van der Waals surface area contributed by atoms with E-state index >= 15 is 0 Å². The summed E-state index contributed by atoms with van der Waals surface area (Å²) >= 11 is 3.23. The summed E-state index contributed by atoms with van der Waals surface area (Å²) in [5, 5.41) is 2.61. The van der Waals surface area contributed by atoms with Gasteiger partial charge < -0.3 is 11.1 Å². The molecule has 80 valence electrons. The number of anilines is 1. The van der Waals surface area contributed by atoms with Crippen LogP contribution in [0.5, 0.6) is 0 Å². The van der Waals surface area contributed by atoms with Crippen molar-refractivity contribution in [3.63, 3.8) is 0 Å². The Hall–Kier alpha value is -1.36. The summed E-state index contributed by atoms with van der Waals surface area (Å²) in [5.74, 6) is -0.720. The Balaban J connectivity index is 3.06. The highest BCUT2D eigenvalue weighted by Crippen LogP contribution is 2.20. The first-order valence-corrected chi connectivity index (χ1v) is 5.23. The standard InChI is InChI=1S/C10H11BrN2O2/c1-2-9(14)13-8-4-3-6(11)5-7(8)10(12)15/h3-5H,2H2,1H3,(H2,12,15)(H,13,14). The predicted molar refractivity (Wildman–Crippen MR) is 61.6 cm³/mol. The van der Waals surface area contributed by atoms with Crippen LogP contribution < -0.4 is 11.1 Å². The molecule has 4 nitrogen and oxygen atoms in total. The Morgan fingerprint density at radius 1 is 1.47 bits per heavy atom. The minimum Gasteiger partial charge on any atom is -0.366 e. The van der Waals surface area contributed by atoms with E-state index in [1.165, 1.54) is 0 Å². The topological polar surface area (TPSA) is 72.2 Å². The monoisotopic (exact) mass is 270 g/mol. The molecule has 0 aliphatic heterocycles. The van der Waals surface area contributed by atoms with Crippen molar-refractivity contribution in [1.82, 2.24) is 0 Å². The van der Waals surface area contributed by atoms with E-state index in [1.807, 2.05) is 0 Å². The summed E-state index contributed by atoms with van der Waals surface area (Å²) in [4.78, 5) is 22.3. The van der Waals surface area contributed by atoms with E-state index in [4.69, 9.17) is 5.73 Å². The van der Waals surface area contributed by atoms with E-state index in [1.54, 1.807) is 25.1 Å². The van der Waals surface area contributed by atoms with E-state index < -0.39 is 5.91 Å². The van der Waals surface area contributed by atoms with E-state index in [0.29, 0.717) is 17.7 Å². The molecule has 0 spiro atoms. The fraction of sp³-hybridized carbons (Fsp3) is 0.200. The van der Waals surface area contributed by atoms with E-state index in [-0.39, 0.29) is 5.91 Å². The Morgan fingerprint density at radius 2 is 2.13 bits per heavy atom. The lowest BCUT2D eigenvalue weighted by molar-refractivity contribution is -0.115. The van der Waals surface area contributed by atoms with Crippen LogP contribution in [-0.4, -0.2) is 11.8 Å². The van der Waals surface area contributed by atoms with Crippen molar-refractivity contribution in [3.05, 3.63) is 28.2 Å². The number of nitrogens with two attached hydrogens (primary N) is 1. The summed E-state index contributed by atoms with van der Waals surface area (Å²) in [7, 11) is 0. The molecule has 0 aliphatic rings. The van der Waals surface area contributed by atoms with Gasteiger partial charge in [0.25, 0.3) is 5.91 Å². The SMILES string of the molecule is CCC(=O)Nc1ccc(Br)cc1C(N)=O. The van der Waals surface area contributed by atoms with Crippen molar-refractivity contribution < 1.29 is 9.59 Å². The van der Waals surface area contributed by atoms with E-state index in [2.05, 4.69) is 21.2 Å². The number of primary amides is 1. The second-order valence-corrected chi connectivity index (χ2v) is 3.87. The lowest BCUT2D eigenvalue weighted by atomic mass is 10.1. The summed E-state index contributed by atoms with van der Waals surface area (Å²) in [6.45, 7) is 1.73. The summed E-state index contributed by atoms with van der Waals surface area (Å²) in [6.07, 6.45) is 0.355. The van der Waals surface area contributed by atoms with Crippen molar-refractivity contribution in [3.8, 4) is 0 Å². The fourth-order valence-electron chi connectivity index (χ4n) is 1.07. The van der Waals surface area contributed by atoms with Crippen molar-refractivity contribution in [2.24, 2.45) is 5.73 Å². The molecule has 2 amide bonds. The molecule has 5 heteroatoms. The first-order valence-electron chi connectivity index (χ1n) is 4.43. The smallest absolute Gasteiger partial charge is 0.250 e. The Bertz CT molecular complexity index is 404. The van der Waals surface area contributed by atoms with Gasteiger partial charge in [-0.3, -0.25) is 9.59 Å². The largest absolute Gasteiger partial charge is 0.366 e. The van der Waals surface area contributed by atoms with Crippen molar-refractivity contribution in [2.45, 2.75) is 13.3 Å². The Labute approximate surface area is 96.0 Å². The first-order chi connectivity index (χ1) is 7.04. The minimum absolute atomic E-state index is 0.153. The maximum atomic E-state index is 11.2. The minimum atomic E-state index is -0.567. The second kappa shape index (κ2) is 4.93. The van der Waals surface area contributed by atoms with Crippen LogP contribution in [0.3, 0.4) is 0 Å². The number of carbonyl (C=O) groups excluding carboxylic acids is 2. The van der Waals surface area contributed by atoms with Crippen LogP contribution in [0.2, 0.25) is 0 Å². The predicted octanol–water partition coefficient (Wildman–Crippen LogP) is 1.90. The highest BCUT2D eigenvalue weighted by Gasteiger charge is 2.10. The van der Waals surface area contributed by atoms with Crippen molar-refractivity contribution in [2.75, 3.05) is 5.32 Å². The number of amides is 2. The molecule has 0 aromatic heterocycles. The third-order valence-corrected chi connectivity index (χ3v) is 2.34. The molecule has 0 unspecified atom stereocenters. The molecule has 0 atom stereocenters. The molecule has 0 bridgehead atoms. The van der Waals surface area contributed by atoms with Crippen LogP contribution >= 0.6 is 15.9 Å². The fourth-order valence-corrected chi connectivity index (χ4v) is 1.43. The van der Waals surface area contributed by atoms with Gasteiger partial charge in [0, 0.05) is 10.9 Å². The molecule has 0 radical (unpaired) electrons. The molecule has 0 saturated carbocycles. The molecule has 0 fully saturated rings. The molecular formula is C10H11BrN2O2. The lowest BCUT2D eigenvalue weighted by Crippen LogP contribution is -2.17. The molecule has 15 heavy (non-hydrogen) atoms. The maximum absolute atomic E-state index is 11.2. The van der Waals surface area contributed by atoms with Crippen LogP contribution in [-0.2, 0) is 4.79 Å². The van der Waals surface area contributed by atoms with Gasteiger partial charge in [-0.05, 0) is 18.2 Å². The second-order valence-electron chi connectivity index (χ2n) is 2.96. The van der Waals surface area contributed by atoms with Crippen molar-refractivity contribution in [1.29, 1.82) is 0 Å². The number of halogens is 1. The van der Waals surface area contributed by atoms with Crippen LogP contribution in [0.25, 0.3) is 0 Å². The summed E-state index contributed by atoms with van der Waals surface area (Å²) in [5.41, 5.74) is 5.93. The summed E-state index contributed by atoms with van der Waals surface area (Å²) in [6, 6.07) is 4.95. The van der Waals surface area contributed by atoms with Crippen LogP contribution in [0.15, 0.2) is 22.7 Å². The van der Waals surface area contributed by atoms with Gasteiger partial charge in [-0.25, -0.2) is 0 Å². The highest BCUT2D eigenvalue weighted by atomic mass is 79.9. The Kier molecular flexibility index (Phi) is 3.85. The number of carbonyl (C=O) groups is 2. The summed E-state index contributed by atoms with van der Waals surface area (Å²) < 4.78 is 0.741. The molecule has 1 rings (SSSR count). The molecule has 0 heterocycles. The van der Waals surface area contributed by atoms with Gasteiger partial charge in [-0.2, -0.15) is 0 Å². The number of nitrogens with one attached hydrogen (secondary N) is 1. The van der Waals surface area contributed by atoms with Gasteiger partial charge in [-0.1, -0.05) is 22.9 Å². The third kappa shape index (κ3) is 3.06. The van der Waals surface area contributed by atoms with Gasteiger partial charge in [-0.15, -0.1) is 0 Å². The normalized spacial score (nSPS) is 9.73. The van der Waals surface area contributed by atoms with Gasteiger partial charge >= 0.3 is 0 Å². The molecule has 1 aromatic rings. The van der Waals surface area contributed by atoms with E-state index in [9.17, 15) is 9.59 Å². The van der Waals surface area contributed by atoms with Gasteiger partial charge in [0.2, 0.25) is 5.91 Å². The zero-order valence-corrected chi connectivity index (χ0v) is 9.80. The molecular weight excluding hydrogens is 260 g/mol. The van der Waals surface area contributed by atoms with Crippen LogP contribution in [0.1, 0.15) is 23.7 Å². The average molecular weight is 271 g/mol. The Morgan fingerprint density at radius 3 is 2.67 bits per heavy atom. The maximum Gasteiger partial charge on any atom is 0.250 e. The van der Waals surface area contributed by atoms with E-state index in [0.717, 1.165) is 4.47 Å².